The van der Waals surface area contributed by atoms with Crippen molar-refractivity contribution in [2.45, 2.75) is 57.9 Å². The first-order chi connectivity index (χ1) is 7.74. The lowest BCUT2D eigenvalue weighted by molar-refractivity contribution is -0.129. The second kappa shape index (κ2) is 7.66. The molecule has 0 heterocycles. The molecule has 0 bridgehead atoms. The summed E-state index contributed by atoms with van der Waals surface area (Å²) in [5, 5.41) is 3.48. The van der Waals surface area contributed by atoms with Crippen LogP contribution in [0.3, 0.4) is 0 Å². The van der Waals surface area contributed by atoms with E-state index in [2.05, 4.69) is 12.2 Å². The molecule has 1 aliphatic rings. The highest BCUT2D eigenvalue weighted by Crippen LogP contribution is 2.17. The molecule has 3 heteroatoms. The third-order valence-corrected chi connectivity index (χ3v) is 3.40. The highest BCUT2D eigenvalue weighted by atomic mass is 16.2. The van der Waals surface area contributed by atoms with E-state index in [0.717, 1.165) is 25.9 Å². The Morgan fingerprint density at radius 2 is 2.06 bits per heavy atom. The van der Waals surface area contributed by atoms with Crippen molar-refractivity contribution in [1.82, 2.24) is 10.2 Å². The summed E-state index contributed by atoms with van der Waals surface area (Å²) in [4.78, 5) is 13.6. The van der Waals surface area contributed by atoms with Crippen LogP contribution < -0.4 is 5.32 Å². The molecular weight excluding hydrogens is 200 g/mol. The Labute approximate surface area is 99.6 Å². The van der Waals surface area contributed by atoms with Crippen molar-refractivity contribution in [3.05, 3.63) is 0 Å². The van der Waals surface area contributed by atoms with Crippen molar-refractivity contribution in [3.63, 3.8) is 0 Å². The molecule has 0 atom stereocenters. The highest BCUT2D eigenvalue weighted by molar-refractivity contribution is 5.76. The summed E-state index contributed by atoms with van der Waals surface area (Å²) < 4.78 is 0. The number of hydrogen-bond acceptors (Lipinski definition) is 2. The normalized spacial score (nSPS) is 16.6. The van der Waals surface area contributed by atoms with E-state index >= 15 is 0 Å². The lowest BCUT2D eigenvalue weighted by Gasteiger charge is -2.18. The molecule has 0 aromatic rings. The third-order valence-electron chi connectivity index (χ3n) is 3.40. The lowest BCUT2D eigenvalue weighted by atomic mass is 10.2. The number of nitrogens with one attached hydrogen (secondary N) is 1. The standard InChI is InChI=1S/C13H26N2O/c1-3-4-11-15(2)13(16)9-10-14-12-7-5-6-8-12/h12,14H,3-11H2,1-2H3. The van der Waals surface area contributed by atoms with Crippen molar-refractivity contribution in [2.24, 2.45) is 0 Å². The van der Waals surface area contributed by atoms with E-state index < -0.39 is 0 Å². The monoisotopic (exact) mass is 226 g/mol. The second-order valence-corrected chi connectivity index (χ2v) is 4.85. The molecule has 94 valence electrons. The number of carbonyl (C=O) groups excluding carboxylic acids is 1. The Bertz CT molecular complexity index is 200. The first-order valence-electron chi connectivity index (χ1n) is 6.71. The fraction of sp³-hybridized carbons (Fsp3) is 0.923. The van der Waals surface area contributed by atoms with Gasteiger partial charge in [0.2, 0.25) is 5.91 Å². The molecule has 1 rings (SSSR count). The maximum absolute atomic E-state index is 11.7. The zero-order valence-corrected chi connectivity index (χ0v) is 10.8. The minimum Gasteiger partial charge on any atom is -0.346 e. The van der Waals surface area contributed by atoms with Gasteiger partial charge in [0.1, 0.15) is 0 Å². The number of carbonyl (C=O) groups is 1. The Hall–Kier alpha value is -0.570. The quantitative estimate of drug-likeness (QED) is 0.721. The van der Waals surface area contributed by atoms with Gasteiger partial charge in [0, 0.05) is 32.6 Å². The van der Waals surface area contributed by atoms with Gasteiger partial charge in [-0.25, -0.2) is 0 Å². The van der Waals surface area contributed by atoms with Gasteiger partial charge in [-0.3, -0.25) is 4.79 Å². The van der Waals surface area contributed by atoms with Crippen LogP contribution in [0.1, 0.15) is 51.9 Å². The number of nitrogens with zero attached hydrogens (tertiary/aromatic N) is 1. The Morgan fingerprint density at radius 3 is 2.69 bits per heavy atom. The van der Waals surface area contributed by atoms with E-state index in [9.17, 15) is 4.79 Å². The summed E-state index contributed by atoms with van der Waals surface area (Å²) in [6.45, 7) is 3.90. The van der Waals surface area contributed by atoms with Gasteiger partial charge in [0.25, 0.3) is 0 Å². The molecular formula is C13H26N2O. The number of unbranched alkanes of at least 4 members (excludes halogenated alkanes) is 1. The second-order valence-electron chi connectivity index (χ2n) is 4.85. The third kappa shape index (κ3) is 4.97. The summed E-state index contributed by atoms with van der Waals surface area (Å²) in [6, 6.07) is 0.675. The Morgan fingerprint density at radius 1 is 1.38 bits per heavy atom. The first-order valence-corrected chi connectivity index (χ1v) is 6.71. The summed E-state index contributed by atoms with van der Waals surface area (Å²) in [7, 11) is 1.91. The molecule has 1 amide bonds. The minimum absolute atomic E-state index is 0.277. The van der Waals surface area contributed by atoms with Gasteiger partial charge in [-0.2, -0.15) is 0 Å². The van der Waals surface area contributed by atoms with Crippen LogP contribution >= 0.6 is 0 Å². The summed E-state index contributed by atoms with van der Waals surface area (Å²) in [5.74, 6) is 0.277. The zero-order chi connectivity index (χ0) is 11.8. The summed E-state index contributed by atoms with van der Waals surface area (Å²) >= 11 is 0. The summed E-state index contributed by atoms with van der Waals surface area (Å²) in [6.07, 6.45) is 8.19. The molecule has 1 fully saturated rings. The molecule has 0 radical (unpaired) electrons. The largest absolute Gasteiger partial charge is 0.346 e. The van der Waals surface area contributed by atoms with Gasteiger partial charge in [-0.15, -0.1) is 0 Å². The van der Waals surface area contributed by atoms with Crippen LogP contribution in [0.2, 0.25) is 0 Å². The number of hydrogen-bond donors (Lipinski definition) is 1. The molecule has 3 nitrogen and oxygen atoms in total. The van der Waals surface area contributed by atoms with Crippen LogP contribution in [-0.2, 0) is 4.79 Å². The van der Waals surface area contributed by atoms with Gasteiger partial charge < -0.3 is 10.2 Å². The Kier molecular flexibility index (Phi) is 6.46. The van der Waals surface area contributed by atoms with Crippen LogP contribution in [0.5, 0.6) is 0 Å². The van der Waals surface area contributed by atoms with Gasteiger partial charge in [0.05, 0.1) is 0 Å². The minimum atomic E-state index is 0.277. The van der Waals surface area contributed by atoms with E-state index in [1.54, 1.807) is 0 Å². The predicted octanol–water partition coefficient (Wildman–Crippen LogP) is 2.17. The van der Waals surface area contributed by atoms with E-state index in [1.165, 1.54) is 25.7 Å². The number of amides is 1. The average Bonchev–Trinajstić information content (AvgIpc) is 2.78. The van der Waals surface area contributed by atoms with E-state index in [0.29, 0.717) is 12.5 Å². The topological polar surface area (TPSA) is 32.3 Å². The molecule has 0 aromatic carbocycles. The highest BCUT2D eigenvalue weighted by Gasteiger charge is 2.14. The van der Waals surface area contributed by atoms with Crippen LogP contribution in [0, 0.1) is 0 Å². The van der Waals surface area contributed by atoms with Crippen LogP contribution in [-0.4, -0.2) is 37.0 Å². The molecule has 1 saturated carbocycles. The van der Waals surface area contributed by atoms with Crippen molar-refractivity contribution in [3.8, 4) is 0 Å². The molecule has 1 N–H and O–H groups in total. The van der Waals surface area contributed by atoms with E-state index in [1.807, 2.05) is 11.9 Å². The molecule has 0 aromatic heterocycles. The van der Waals surface area contributed by atoms with Gasteiger partial charge in [0.15, 0.2) is 0 Å². The molecule has 0 spiro atoms. The van der Waals surface area contributed by atoms with Gasteiger partial charge in [-0.05, 0) is 19.3 Å². The van der Waals surface area contributed by atoms with E-state index in [-0.39, 0.29) is 5.91 Å². The van der Waals surface area contributed by atoms with Gasteiger partial charge in [-0.1, -0.05) is 26.2 Å². The zero-order valence-electron chi connectivity index (χ0n) is 10.8. The van der Waals surface area contributed by atoms with Crippen molar-refractivity contribution < 1.29 is 4.79 Å². The average molecular weight is 226 g/mol. The Balaban J connectivity index is 2.04. The SMILES string of the molecule is CCCCN(C)C(=O)CCNC1CCCC1. The fourth-order valence-electron chi connectivity index (χ4n) is 2.22. The van der Waals surface area contributed by atoms with Gasteiger partial charge >= 0.3 is 0 Å². The molecule has 0 saturated heterocycles. The van der Waals surface area contributed by atoms with Crippen molar-refractivity contribution in [2.75, 3.05) is 20.1 Å². The molecule has 0 unspecified atom stereocenters. The predicted molar refractivity (Wildman–Crippen MR) is 67.4 cm³/mol. The maximum atomic E-state index is 11.7. The lowest BCUT2D eigenvalue weighted by Crippen LogP contribution is -2.33. The van der Waals surface area contributed by atoms with Crippen molar-refractivity contribution >= 4 is 5.91 Å². The smallest absolute Gasteiger partial charge is 0.223 e. The number of rotatable bonds is 7. The van der Waals surface area contributed by atoms with Crippen LogP contribution in [0.25, 0.3) is 0 Å². The maximum Gasteiger partial charge on any atom is 0.223 e. The molecule has 1 aliphatic carbocycles. The van der Waals surface area contributed by atoms with Crippen molar-refractivity contribution in [1.29, 1.82) is 0 Å². The molecule has 16 heavy (non-hydrogen) atoms. The van der Waals surface area contributed by atoms with Crippen LogP contribution in [0.15, 0.2) is 0 Å². The van der Waals surface area contributed by atoms with E-state index in [4.69, 9.17) is 0 Å². The summed E-state index contributed by atoms with van der Waals surface area (Å²) in [5.41, 5.74) is 0. The molecule has 0 aliphatic heterocycles. The fourth-order valence-corrected chi connectivity index (χ4v) is 2.22. The first kappa shape index (κ1) is 13.5. The van der Waals surface area contributed by atoms with Crippen LogP contribution in [0.4, 0.5) is 0 Å².